The third-order valence-corrected chi connectivity index (χ3v) is 3.51. The number of benzene rings is 1. The van der Waals surface area contributed by atoms with Gasteiger partial charge in [-0.1, -0.05) is 12.1 Å². The number of nitrogens with two attached hydrogens (primary N) is 1. The van der Waals surface area contributed by atoms with Gasteiger partial charge in [-0.3, -0.25) is 4.79 Å². The first kappa shape index (κ1) is 17.4. The maximum atomic E-state index is 12.8. The molecule has 0 radical (unpaired) electrons. The van der Waals surface area contributed by atoms with Gasteiger partial charge in [-0.2, -0.15) is 5.26 Å². The third-order valence-electron chi connectivity index (χ3n) is 3.51. The van der Waals surface area contributed by atoms with E-state index < -0.39 is 0 Å². The van der Waals surface area contributed by atoms with Crippen LogP contribution < -0.4 is 5.73 Å². The predicted octanol–water partition coefficient (Wildman–Crippen LogP) is 1.13. The van der Waals surface area contributed by atoms with Gasteiger partial charge >= 0.3 is 0 Å². The lowest BCUT2D eigenvalue weighted by atomic mass is 10.1. The number of carbonyl (C=O) groups is 1. The first-order chi connectivity index (χ1) is 11.5. The highest BCUT2D eigenvalue weighted by Gasteiger charge is 2.19. The molecule has 2 aromatic rings. The van der Waals surface area contributed by atoms with E-state index in [-0.39, 0.29) is 17.3 Å². The summed E-state index contributed by atoms with van der Waals surface area (Å²) in [5.41, 5.74) is 7.54. The zero-order valence-electron chi connectivity index (χ0n) is 13.8. The maximum Gasteiger partial charge on any atom is 0.259 e. The van der Waals surface area contributed by atoms with Gasteiger partial charge in [0.05, 0.1) is 11.6 Å². The quantitative estimate of drug-likeness (QED) is 0.855. The Morgan fingerprint density at radius 1 is 1.33 bits per heavy atom. The van der Waals surface area contributed by atoms with Gasteiger partial charge in [0.1, 0.15) is 17.7 Å². The van der Waals surface area contributed by atoms with Gasteiger partial charge in [-0.25, -0.2) is 9.97 Å². The Bertz CT molecular complexity index is 753. The van der Waals surface area contributed by atoms with Crippen molar-refractivity contribution in [2.75, 3.05) is 32.9 Å². The molecule has 0 saturated carbocycles. The molecule has 7 nitrogen and oxygen atoms in total. The summed E-state index contributed by atoms with van der Waals surface area (Å²) in [5, 5.41) is 9.03. The summed E-state index contributed by atoms with van der Waals surface area (Å²) in [6, 6.07) is 9.32. The monoisotopic (exact) mass is 324 g/mol. The average Bonchev–Trinajstić information content (AvgIpc) is 2.58. The van der Waals surface area contributed by atoms with Gasteiger partial charge in [0.15, 0.2) is 0 Å². The molecule has 1 aromatic heterocycles. The maximum absolute atomic E-state index is 12.8. The van der Waals surface area contributed by atoms with Crippen molar-refractivity contribution in [2.24, 2.45) is 0 Å². The molecule has 2 rings (SSSR count). The highest BCUT2D eigenvalue weighted by molar-refractivity contribution is 5.97. The zero-order chi connectivity index (χ0) is 17.5. The second kappa shape index (κ2) is 8.04. The van der Waals surface area contributed by atoms with Gasteiger partial charge in [0.25, 0.3) is 5.91 Å². The fourth-order valence-electron chi connectivity index (χ4n) is 2.21. The minimum Gasteiger partial charge on any atom is -0.383 e. The number of nitrogen functional groups attached to an aromatic ring is 1. The van der Waals surface area contributed by atoms with Crippen LogP contribution in [-0.2, 0) is 6.54 Å². The van der Waals surface area contributed by atoms with Crippen molar-refractivity contribution >= 4 is 11.7 Å². The Morgan fingerprint density at radius 3 is 2.79 bits per heavy atom. The number of rotatable bonds is 6. The Kier molecular flexibility index (Phi) is 5.82. The Balaban J connectivity index is 2.25. The summed E-state index contributed by atoms with van der Waals surface area (Å²) in [6.45, 7) is 1.62. The molecule has 124 valence electrons. The molecule has 0 spiro atoms. The fourth-order valence-corrected chi connectivity index (χ4v) is 2.21. The second-order valence-electron chi connectivity index (χ2n) is 5.66. The van der Waals surface area contributed by atoms with E-state index >= 15 is 0 Å². The lowest BCUT2D eigenvalue weighted by Crippen LogP contribution is -2.36. The third kappa shape index (κ3) is 4.51. The van der Waals surface area contributed by atoms with Crippen LogP contribution in [0.1, 0.15) is 21.5 Å². The van der Waals surface area contributed by atoms with Crippen molar-refractivity contribution in [3.05, 3.63) is 53.5 Å². The fraction of sp³-hybridized carbons (Fsp3) is 0.294. The number of anilines is 1. The van der Waals surface area contributed by atoms with Gasteiger partial charge in [0, 0.05) is 25.8 Å². The lowest BCUT2D eigenvalue weighted by molar-refractivity contribution is 0.0732. The molecule has 0 aliphatic carbocycles. The van der Waals surface area contributed by atoms with Crippen LogP contribution in [0.3, 0.4) is 0 Å². The Morgan fingerprint density at radius 2 is 2.12 bits per heavy atom. The standard InChI is InChI=1S/C17H20N6O/c1-22(2)6-7-23(11-14-5-3-4-13(8-14)9-18)17(24)15-10-20-12-21-16(15)19/h3-5,8,10,12H,6-7,11H2,1-2H3,(H2,19,20,21). The summed E-state index contributed by atoms with van der Waals surface area (Å²) in [7, 11) is 3.89. The van der Waals surface area contributed by atoms with Gasteiger partial charge in [0.2, 0.25) is 0 Å². The summed E-state index contributed by atoms with van der Waals surface area (Å²) < 4.78 is 0. The summed E-state index contributed by atoms with van der Waals surface area (Å²) in [4.78, 5) is 24.3. The second-order valence-corrected chi connectivity index (χ2v) is 5.66. The highest BCUT2D eigenvalue weighted by atomic mass is 16.2. The van der Waals surface area contributed by atoms with Crippen LogP contribution in [0.4, 0.5) is 5.82 Å². The molecule has 0 aliphatic rings. The first-order valence-electron chi connectivity index (χ1n) is 7.49. The SMILES string of the molecule is CN(C)CCN(Cc1cccc(C#N)c1)C(=O)c1cncnc1N. The molecule has 0 unspecified atom stereocenters. The van der Waals surface area contributed by atoms with E-state index in [9.17, 15) is 4.79 Å². The number of nitriles is 1. The highest BCUT2D eigenvalue weighted by Crippen LogP contribution is 2.14. The Labute approximate surface area is 141 Å². The van der Waals surface area contributed by atoms with Gasteiger partial charge < -0.3 is 15.5 Å². The largest absolute Gasteiger partial charge is 0.383 e. The normalized spacial score (nSPS) is 10.4. The van der Waals surface area contributed by atoms with E-state index in [0.29, 0.717) is 25.2 Å². The lowest BCUT2D eigenvalue weighted by Gasteiger charge is -2.25. The van der Waals surface area contributed by atoms with E-state index in [1.807, 2.05) is 31.1 Å². The van der Waals surface area contributed by atoms with Crippen molar-refractivity contribution in [3.8, 4) is 6.07 Å². The summed E-state index contributed by atoms with van der Waals surface area (Å²) in [6.07, 6.45) is 2.74. The molecular formula is C17H20N6O. The number of amides is 1. The Hall–Kier alpha value is -2.98. The molecule has 24 heavy (non-hydrogen) atoms. The summed E-state index contributed by atoms with van der Waals surface area (Å²) in [5.74, 6) is -0.0621. The van der Waals surface area contributed by atoms with Crippen LogP contribution >= 0.6 is 0 Å². The number of nitrogens with zero attached hydrogens (tertiary/aromatic N) is 5. The molecule has 2 N–H and O–H groups in total. The van der Waals surface area contributed by atoms with Crippen molar-refractivity contribution < 1.29 is 4.79 Å². The van der Waals surface area contributed by atoms with Crippen LogP contribution in [0.25, 0.3) is 0 Å². The number of hydrogen-bond acceptors (Lipinski definition) is 6. The molecule has 7 heteroatoms. The molecular weight excluding hydrogens is 304 g/mol. The molecule has 0 bridgehead atoms. The molecule has 1 heterocycles. The molecule has 0 atom stereocenters. The number of aromatic nitrogens is 2. The van der Waals surface area contributed by atoms with E-state index in [1.54, 1.807) is 17.0 Å². The zero-order valence-corrected chi connectivity index (χ0v) is 13.8. The minimum absolute atomic E-state index is 0.163. The first-order valence-corrected chi connectivity index (χ1v) is 7.49. The van der Waals surface area contributed by atoms with Crippen molar-refractivity contribution in [2.45, 2.75) is 6.54 Å². The van der Waals surface area contributed by atoms with Crippen LogP contribution in [0.2, 0.25) is 0 Å². The van der Waals surface area contributed by atoms with E-state index in [2.05, 4.69) is 16.0 Å². The molecule has 0 fully saturated rings. The van der Waals surface area contributed by atoms with Gasteiger partial charge in [-0.05, 0) is 31.8 Å². The average molecular weight is 324 g/mol. The van der Waals surface area contributed by atoms with Crippen LogP contribution in [-0.4, -0.2) is 52.9 Å². The molecule has 0 aliphatic heterocycles. The number of carbonyl (C=O) groups excluding carboxylic acids is 1. The predicted molar refractivity (Wildman–Crippen MR) is 90.9 cm³/mol. The molecule has 1 amide bonds. The van der Waals surface area contributed by atoms with Crippen LogP contribution in [0.5, 0.6) is 0 Å². The van der Waals surface area contributed by atoms with Crippen molar-refractivity contribution in [3.63, 3.8) is 0 Å². The van der Waals surface area contributed by atoms with Crippen molar-refractivity contribution in [1.29, 1.82) is 5.26 Å². The van der Waals surface area contributed by atoms with E-state index in [1.165, 1.54) is 12.5 Å². The summed E-state index contributed by atoms with van der Waals surface area (Å²) >= 11 is 0. The van der Waals surface area contributed by atoms with Crippen molar-refractivity contribution in [1.82, 2.24) is 19.8 Å². The van der Waals surface area contributed by atoms with Crippen LogP contribution in [0.15, 0.2) is 36.8 Å². The number of hydrogen-bond donors (Lipinski definition) is 1. The molecule has 0 saturated heterocycles. The van der Waals surface area contributed by atoms with Gasteiger partial charge in [-0.15, -0.1) is 0 Å². The topological polar surface area (TPSA) is 99.1 Å². The van der Waals surface area contributed by atoms with E-state index in [4.69, 9.17) is 11.0 Å². The minimum atomic E-state index is -0.225. The van der Waals surface area contributed by atoms with Crippen LogP contribution in [0, 0.1) is 11.3 Å². The smallest absolute Gasteiger partial charge is 0.259 e. The number of likely N-dealkylation sites (N-methyl/N-ethyl adjacent to an activating group) is 1. The van der Waals surface area contributed by atoms with E-state index in [0.717, 1.165) is 5.56 Å². The molecule has 1 aromatic carbocycles.